The number of rotatable bonds is 8. The van der Waals surface area contributed by atoms with Crippen LogP contribution in [0.1, 0.15) is 33.1 Å². The number of benzene rings is 1. The van der Waals surface area contributed by atoms with Crippen LogP contribution in [0.15, 0.2) is 36.0 Å². The number of hydrogen-bond acceptors (Lipinski definition) is 4. The van der Waals surface area contributed by atoms with Crippen LogP contribution in [0.2, 0.25) is 0 Å². The Morgan fingerprint density at radius 2 is 1.95 bits per heavy atom. The van der Waals surface area contributed by atoms with Gasteiger partial charge in [-0.1, -0.05) is 20.3 Å². The second-order valence-corrected chi connectivity index (χ2v) is 5.12. The molecule has 0 heterocycles. The van der Waals surface area contributed by atoms with Gasteiger partial charge in [-0.05, 0) is 37.1 Å². The number of amides is 1. The molecule has 22 heavy (non-hydrogen) atoms. The minimum Gasteiger partial charge on any atom is -0.399 e. The number of nitrogens with zero attached hydrogens (tertiary/aromatic N) is 2. The van der Waals surface area contributed by atoms with E-state index in [1.807, 2.05) is 11.0 Å². The van der Waals surface area contributed by atoms with Crippen molar-refractivity contribution in [2.24, 2.45) is 0 Å². The van der Waals surface area contributed by atoms with Gasteiger partial charge in [0, 0.05) is 30.7 Å². The molecular weight excluding hydrogens is 276 g/mol. The van der Waals surface area contributed by atoms with Gasteiger partial charge in [0.1, 0.15) is 11.6 Å². The van der Waals surface area contributed by atoms with E-state index in [1.165, 1.54) is 0 Å². The van der Waals surface area contributed by atoms with Crippen LogP contribution < -0.4 is 11.1 Å². The maximum absolute atomic E-state index is 12.2. The number of nitriles is 1. The molecule has 5 nitrogen and oxygen atoms in total. The van der Waals surface area contributed by atoms with E-state index in [-0.39, 0.29) is 5.57 Å². The summed E-state index contributed by atoms with van der Waals surface area (Å²) in [5.41, 5.74) is 6.97. The van der Waals surface area contributed by atoms with Crippen molar-refractivity contribution < 1.29 is 4.79 Å². The Morgan fingerprint density at radius 3 is 2.50 bits per heavy atom. The van der Waals surface area contributed by atoms with Crippen LogP contribution in [-0.2, 0) is 4.79 Å². The first kappa shape index (κ1) is 17.6. The van der Waals surface area contributed by atoms with Crippen LogP contribution in [0.3, 0.4) is 0 Å². The van der Waals surface area contributed by atoms with Crippen molar-refractivity contribution in [2.75, 3.05) is 24.1 Å². The molecule has 1 amide bonds. The van der Waals surface area contributed by atoms with Crippen LogP contribution >= 0.6 is 0 Å². The molecule has 0 unspecified atom stereocenters. The van der Waals surface area contributed by atoms with Crippen molar-refractivity contribution in [3.63, 3.8) is 0 Å². The molecule has 0 atom stereocenters. The predicted molar refractivity (Wildman–Crippen MR) is 90.0 cm³/mol. The maximum atomic E-state index is 12.2. The fourth-order valence-electron chi connectivity index (χ4n) is 1.98. The Kier molecular flexibility index (Phi) is 7.55. The van der Waals surface area contributed by atoms with Crippen molar-refractivity contribution in [3.8, 4) is 6.07 Å². The number of carbonyl (C=O) groups excluding carboxylic acids is 1. The second-order valence-electron chi connectivity index (χ2n) is 5.12. The molecule has 1 aromatic carbocycles. The minimum atomic E-state index is -0.398. The molecule has 0 spiro atoms. The van der Waals surface area contributed by atoms with E-state index in [0.29, 0.717) is 11.4 Å². The first-order chi connectivity index (χ1) is 10.6. The van der Waals surface area contributed by atoms with Gasteiger partial charge in [0.05, 0.1) is 0 Å². The van der Waals surface area contributed by atoms with Crippen molar-refractivity contribution in [1.82, 2.24) is 4.90 Å². The quantitative estimate of drug-likeness (QED) is 0.439. The monoisotopic (exact) mass is 300 g/mol. The van der Waals surface area contributed by atoms with Gasteiger partial charge in [0.25, 0.3) is 5.91 Å². The van der Waals surface area contributed by atoms with E-state index in [2.05, 4.69) is 19.2 Å². The van der Waals surface area contributed by atoms with Crippen molar-refractivity contribution in [2.45, 2.75) is 33.1 Å². The zero-order valence-electron chi connectivity index (χ0n) is 13.3. The molecule has 0 saturated carbocycles. The molecule has 0 fully saturated rings. The third-order valence-corrected chi connectivity index (χ3v) is 3.16. The first-order valence-electron chi connectivity index (χ1n) is 7.63. The lowest BCUT2D eigenvalue weighted by atomic mass is 10.2. The number of nitrogen functional groups attached to an aromatic ring is 1. The fourth-order valence-corrected chi connectivity index (χ4v) is 1.98. The predicted octanol–water partition coefficient (Wildman–Crippen LogP) is 3.13. The van der Waals surface area contributed by atoms with Crippen LogP contribution in [0.4, 0.5) is 11.4 Å². The van der Waals surface area contributed by atoms with Gasteiger partial charge in [-0.25, -0.2) is 0 Å². The summed E-state index contributed by atoms with van der Waals surface area (Å²) in [5, 5.41) is 11.9. The SMILES string of the molecule is CCCCN(/C=C(/C#N)C(=O)Nc1ccc(N)cc1)CCC. The highest BCUT2D eigenvalue weighted by atomic mass is 16.1. The van der Waals surface area contributed by atoms with Gasteiger partial charge in [-0.3, -0.25) is 4.79 Å². The molecule has 0 saturated heterocycles. The second kappa shape index (κ2) is 9.46. The van der Waals surface area contributed by atoms with E-state index in [9.17, 15) is 10.1 Å². The van der Waals surface area contributed by atoms with E-state index < -0.39 is 5.91 Å². The zero-order valence-corrected chi connectivity index (χ0v) is 13.3. The normalized spacial score (nSPS) is 10.9. The molecule has 118 valence electrons. The molecule has 0 aliphatic rings. The summed E-state index contributed by atoms with van der Waals surface area (Å²) in [6, 6.07) is 8.81. The van der Waals surface area contributed by atoms with E-state index in [4.69, 9.17) is 5.73 Å². The summed E-state index contributed by atoms with van der Waals surface area (Å²) in [6.07, 6.45) is 4.74. The Balaban J connectivity index is 2.78. The Labute approximate surface area is 132 Å². The van der Waals surface area contributed by atoms with Gasteiger partial charge < -0.3 is 16.0 Å². The highest BCUT2D eigenvalue weighted by Gasteiger charge is 2.11. The molecule has 0 bridgehead atoms. The third-order valence-electron chi connectivity index (χ3n) is 3.16. The lowest BCUT2D eigenvalue weighted by Gasteiger charge is -2.19. The summed E-state index contributed by atoms with van der Waals surface area (Å²) < 4.78 is 0. The largest absolute Gasteiger partial charge is 0.399 e. The van der Waals surface area contributed by atoms with Gasteiger partial charge >= 0.3 is 0 Å². The molecule has 0 radical (unpaired) electrons. The highest BCUT2D eigenvalue weighted by molar-refractivity contribution is 6.06. The molecule has 0 aromatic heterocycles. The zero-order chi connectivity index (χ0) is 16.4. The highest BCUT2D eigenvalue weighted by Crippen LogP contribution is 2.12. The van der Waals surface area contributed by atoms with Crippen molar-refractivity contribution in [1.29, 1.82) is 5.26 Å². The summed E-state index contributed by atoms with van der Waals surface area (Å²) in [4.78, 5) is 14.2. The number of nitrogens with one attached hydrogen (secondary N) is 1. The minimum absolute atomic E-state index is 0.112. The Morgan fingerprint density at radius 1 is 1.27 bits per heavy atom. The molecular formula is C17H24N4O. The topological polar surface area (TPSA) is 82.2 Å². The van der Waals surface area contributed by atoms with E-state index in [1.54, 1.807) is 30.5 Å². The molecule has 0 aliphatic heterocycles. The number of unbranched alkanes of at least 4 members (excludes halogenated alkanes) is 1. The molecule has 1 rings (SSSR count). The standard InChI is InChI=1S/C17H24N4O/c1-3-5-11-21(10-4-2)13-14(12-18)17(22)20-16-8-6-15(19)7-9-16/h6-9,13H,3-5,10-11,19H2,1-2H3,(H,20,22)/b14-13-. The Hall–Kier alpha value is -2.48. The van der Waals surface area contributed by atoms with E-state index in [0.717, 1.165) is 32.4 Å². The average molecular weight is 300 g/mol. The smallest absolute Gasteiger partial charge is 0.267 e. The summed E-state index contributed by atoms with van der Waals surface area (Å²) in [7, 11) is 0. The van der Waals surface area contributed by atoms with Gasteiger partial charge in [0.2, 0.25) is 0 Å². The summed E-state index contributed by atoms with van der Waals surface area (Å²) >= 11 is 0. The molecule has 0 aliphatic carbocycles. The number of anilines is 2. The van der Waals surface area contributed by atoms with Crippen molar-refractivity contribution >= 4 is 17.3 Å². The molecule has 1 aromatic rings. The van der Waals surface area contributed by atoms with Crippen LogP contribution in [0.25, 0.3) is 0 Å². The Bertz CT molecular complexity index is 543. The van der Waals surface area contributed by atoms with Gasteiger partial charge in [0.15, 0.2) is 0 Å². The molecule has 3 N–H and O–H groups in total. The van der Waals surface area contributed by atoms with Crippen LogP contribution in [-0.4, -0.2) is 23.9 Å². The number of hydrogen-bond donors (Lipinski definition) is 2. The average Bonchev–Trinajstić information content (AvgIpc) is 2.52. The van der Waals surface area contributed by atoms with Gasteiger partial charge in [-0.2, -0.15) is 5.26 Å². The van der Waals surface area contributed by atoms with Crippen LogP contribution in [0.5, 0.6) is 0 Å². The molecule has 5 heteroatoms. The lowest BCUT2D eigenvalue weighted by molar-refractivity contribution is -0.112. The maximum Gasteiger partial charge on any atom is 0.267 e. The van der Waals surface area contributed by atoms with Crippen molar-refractivity contribution in [3.05, 3.63) is 36.0 Å². The lowest BCUT2D eigenvalue weighted by Crippen LogP contribution is -2.23. The summed E-state index contributed by atoms with van der Waals surface area (Å²) in [6.45, 7) is 5.88. The fraction of sp³-hybridized carbons (Fsp3) is 0.412. The third kappa shape index (κ3) is 5.88. The van der Waals surface area contributed by atoms with Crippen LogP contribution in [0, 0.1) is 11.3 Å². The van der Waals surface area contributed by atoms with Gasteiger partial charge in [-0.15, -0.1) is 0 Å². The van der Waals surface area contributed by atoms with E-state index >= 15 is 0 Å². The number of nitrogens with two attached hydrogens (primary N) is 1. The number of carbonyl (C=O) groups is 1. The first-order valence-corrected chi connectivity index (χ1v) is 7.63. The summed E-state index contributed by atoms with van der Waals surface area (Å²) in [5.74, 6) is -0.398.